The lowest BCUT2D eigenvalue weighted by Crippen LogP contribution is -2.52. The summed E-state index contributed by atoms with van der Waals surface area (Å²) in [5.74, 6) is -1.15. The average molecular weight is 374 g/mol. The van der Waals surface area contributed by atoms with Crippen molar-refractivity contribution >= 4 is 23.9 Å². The molecule has 1 amide bonds. The number of amides is 1. The molecule has 1 N–H and O–H groups in total. The third kappa shape index (κ3) is 5.40. The van der Waals surface area contributed by atoms with Gasteiger partial charge in [-0.25, -0.2) is 4.79 Å². The Bertz CT molecular complexity index is 689. The van der Waals surface area contributed by atoms with Gasteiger partial charge in [-0.05, 0) is 25.3 Å². The summed E-state index contributed by atoms with van der Waals surface area (Å²) in [6, 6.07) is 7.49. The summed E-state index contributed by atoms with van der Waals surface area (Å²) in [4.78, 5) is 38.3. The zero-order chi connectivity index (χ0) is 19.8. The second-order valence-corrected chi connectivity index (χ2v) is 6.37. The number of methoxy groups -OCH3 is 2. The second-order valence-electron chi connectivity index (χ2n) is 6.37. The van der Waals surface area contributed by atoms with Gasteiger partial charge in [0.2, 0.25) is 5.91 Å². The first-order valence-corrected chi connectivity index (χ1v) is 8.93. The van der Waals surface area contributed by atoms with Crippen LogP contribution in [0.15, 0.2) is 36.4 Å². The highest BCUT2D eigenvalue weighted by molar-refractivity contribution is 5.89. The Kier molecular flexibility index (Phi) is 7.55. The Morgan fingerprint density at radius 3 is 2.52 bits per heavy atom. The van der Waals surface area contributed by atoms with E-state index in [1.165, 1.54) is 19.1 Å². The zero-order valence-electron chi connectivity index (χ0n) is 15.9. The van der Waals surface area contributed by atoms with Crippen molar-refractivity contribution in [2.45, 2.75) is 37.9 Å². The first kappa shape index (κ1) is 20.6. The molecule has 0 radical (unpaired) electrons. The molecule has 3 atom stereocenters. The first-order chi connectivity index (χ1) is 13.0. The zero-order valence-corrected chi connectivity index (χ0v) is 15.9. The number of hydrogen-bond donors (Lipinski definition) is 1. The van der Waals surface area contributed by atoms with Crippen LogP contribution in [0.4, 0.5) is 0 Å². The minimum atomic E-state index is -0.784. The van der Waals surface area contributed by atoms with E-state index < -0.39 is 30.1 Å². The van der Waals surface area contributed by atoms with Crippen LogP contribution in [-0.2, 0) is 23.9 Å². The Morgan fingerprint density at radius 2 is 1.89 bits per heavy atom. The fraction of sp³-hybridized carbons (Fsp3) is 0.450. The molecule has 1 fully saturated rings. The maximum absolute atomic E-state index is 12.8. The van der Waals surface area contributed by atoms with Crippen molar-refractivity contribution in [3.8, 4) is 0 Å². The Hall–Kier alpha value is -2.67. The van der Waals surface area contributed by atoms with E-state index in [9.17, 15) is 14.4 Å². The molecule has 1 aliphatic heterocycles. The van der Waals surface area contributed by atoms with E-state index in [2.05, 4.69) is 5.32 Å². The Balaban J connectivity index is 2.07. The normalized spacial score (nSPS) is 18.9. The molecule has 1 aromatic rings. The molecule has 27 heavy (non-hydrogen) atoms. The smallest absolute Gasteiger partial charge is 0.328 e. The predicted octanol–water partition coefficient (Wildman–Crippen LogP) is 1.38. The number of rotatable bonds is 7. The SMILES string of the molecule is COC(=O)C(C=Cc1ccccc1)N[C@@H](C)C(=O)N1CCC[C@H]1C(=O)OC. The lowest BCUT2D eigenvalue weighted by atomic mass is 10.1. The molecular weight excluding hydrogens is 348 g/mol. The summed E-state index contributed by atoms with van der Waals surface area (Å²) in [6.07, 6.45) is 4.78. The van der Waals surface area contributed by atoms with Crippen molar-refractivity contribution in [3.05, 3.63) is 42.0 Å². The van der Waals surface area contributed by atoms with Gasteiger partial charge in [-0.3, -0.25) is 14.9 Å². The summed E-state index contributed by atoms with van der Waals surface area (Å²) >= 11 is 0. The maximum Gasteiger partial charge on any atom is 0.328 e. The van der Waals surface area contributed by atoms with E-state index in [0.717, 1.165) is 12.0 Å². The summed E-state index contributed by atoms with van der Waals surface area (Å²) in [6.45, 7) is 2.16. The highest BCUT2D eigenvalue weighted by Crippen LogP contribution is 2.19. The number of carbonyl (C=O) groups excluding carboxylic acids is 3. The van der Waals surface area contributed by atoms with Crippen LogP contribution in [0.1, 0.15) is 25.3 Å². The summed E-state index contributed by atoms with van der Waals surface area (Å²) in [7, 11) is 2.61. The molecule has 1 heterocycles. The number of ether oxygens (including phenoxy) is 2. The number of benzene rings is 1. The lowest BCUT2D eigenvalue weighted by Gasteiger charge is -2.27. The first-order valence-electron chi connectivity index (χ1n) is 8.93. The van der Waals surface area contributed by atoms with E-state index >= 15 is 0 Å². The lowest BCUT2D eigenvalue weighted by molar-refractivity contribution is -0.152. The summed E-state index contributed by atoms with van der Waals surface area (Å²) < 4.78 is 9.61. The van der Waals surface area contributed by atoms with E-state index in [4.69, 9.17) is 9.47 Å². The molecule has 1 saturated heterocycles. The monoisotopic (exact) mass is 374 g/mol. The van der Waals surface area contributed by atoms with Crippen LogP contribution < -0.4 is 5.32 Å². The van der Waals surface area contributed by atoms with Crippen LogP contribution in [0.2, 0.25) is 0 Å². The van der Waals surface area contributed by atoms with Gasteiger partial charge in [0, 0.05) is 6.54 Å². The van der Waals surface area contributed by atoms with Crippen LogP contribution in [0.5, 0.6) is 0 Å². The number of esters is 2. The van der Waals surface area contributed by atoms with Crippen molar-refractivity contribution in [2.75, 3.05) is 20.8 Å². The number of nitrogens with one attached hydrogen (secondary N) is 1. The third-order valence-corrected chi connectivity index (χ3v) is 4.54. The number of hydrogen-bond acceptors (Lipinski definition) is 6. The third-order valence-electron chi connectivity index (χ3n) is 4.54. The topological polar surface area (TPSA) is 84.9 Å². The van der Waals surface area contributed by atoms with Crippen molar-refractivity contribution in [1.82, 2.24) is 10.2 Å². The molecule has 2 rings (SSSR count). The predicted molar refractivity (Wildman–Crippen MR) is 101 cm³/mol. The van der Waals surface area contributed by atoms with Crippen LogP contribution in [0.3, 0.4) is 0 Å². The fourth-order valence-corrected chi connectivity index (χ4v) is 3.10. The molecule has 0 saturated carbocycles. The van der Waals surface area contributed by atoms with Gasteiger partial charge in [0.1, 0.15) is 12.1 Å². The number of likely N-dealkylation sites (tertiary alicyclic amines) is 1. The molecule has 0 bridgehead atoms. The van der Waals surface area contributed by atoms with Gasteiger partial charge in [-0.15, -0.1) is 0 Å². The maximum atomic E-state index is 12.8. The standard InChI is InChI=1S/C20H26N2O5/c1-14(18(23)22-13-7-10-17(22)20(25)27-3)21-16(19(24)26-2)12-11-15-8-5-4-6-9-15/h4-6,8-9,11-12,14,16-17,21H,7,10,13H2,1-3H3/t14-,16?,17-/m0/s1. The molecule has 1 unspecified atom stereocenters. The molecule has 7 heteroatoms. The van der Waals surface area contributed by atoms with Crippen molar-refractivity contribution in [1.29, 1.82) is 0 Å². The minimum Gasteiger partial charge on any atom is -0.468 e. The molecule has 0 aromatic heterocycles. The van der Waals surface area contributed by atoms with Gasteiger partial charge in [0.15, 0.2) is 0 Å². The van der Waals surface area contributed by atoms with Gasteiger partial charge in [-0.1, -0.05) is 42.5 Å². The van der Waals surface area contributed by atoms with E-state index in [1.54, 1.807) is 19.1 Å². The quantitative estimate of drug-likeness (QED) is 0.726. The van der Waals surface area contributed by atoms with Crippen LogP contribution in [0.25, 0.3) is 6.08 Å². The number of nitrogens with zero attached hydrogens (tertiary/aromatic N) is 1. The number of carbonyl (C=O) groups is 3. The molecule has 1 aromatic carbocycles. The minimum absolute atomic E-state index is 0.245. The van der Waals surface area contributed by atoms with Gasteiger partial charge in [0.25, 0.3) is 0 Å². The fourth-order valence-electron chi connectivity index (χ4n) is 3.10. The van der Waals surface area contributed by atoms with Gasteiger partial charge in [0.05, 0.1) is 20.3 Å². The molecule has 146 valence electrons. The Labute approximate surface area is 159 Å². The molecular formula is C20H26N2O5. The van der Waals surface area contributed by atoms with E-state index in [1.807, 2.05) is 30.3 Å². The van der Waals surface area contributed by atoms with Crippen molar-refractivity contribution in [2.24, 2.45) is 0 Å². The van der Waals surface area contributed by atoms with Crippen molar-refractivity contribution in [3.63, 3.8) is 0 Å². The Morgan fingerprint density at radius 1 is 1.19 bits per heavy atom. The highest BCUT2D eigenvalue weighted by Gasteiger charge is 2.37. The summed E-state index contributed by atoms with van der Waals surface area (Å²) in [5, 5.41) is 2.99. The molecule has 0 aliphatic carbocycles. The van der Waals surface area contributed by atoms with Crippen molar-refractivity contribution < 1.29 is 23.9 Å². The van der Waals surface area contributed by atoms with Gasteiger partial charge in [-0.2, -0.15) is 0 Å². The highest BCUT2D eigenvalue weighted by atomic mass is 16.5. The molecule has 1 aliphatic rings. The molecule has 7 nitrogen and oxygen atoms in total. The average Bonchev–Trinajstić information content (AvgIpc) is 3.19. The van der Waals surface area contributed by atoms with Gasteiger partial charge < -0.3 is 14.4 Å². The van der Waals surface area contributed by atoms with E-state index in [0.29, 0.717) is 13.0 Å². The largest absolute Gasteiger partial charge is 0.468 e. The summed E-state index contributed by atoms with van der Waals surface area (Å²) in [5.41, 5.74) is 0.928. The van der Waals surface area contributed by atoms with E-state index in [-0.39, 0.29) is 5.91 Å². The van der Waals surface area contributed by atoms with Crippen LogP contribution in [0, 0.1) is 0 Å². The second kappa shape index (κ2) is 9.87. The van der Waals surface area contributed by atoms with Gasteiger partial charge >= 0.3 is 11.9 Å². The van der Waals surface area contributed by atoms with Crippen LogP contribution >= 0.6 is 0 Å². The molecule has 0 spiro atoms. The van der Waals surface area contributed by atoms with Crippen LogP contribution in [-0.4, -0.2) is 61.6 Å².